The maximum absolute atomic E-state index is 12.0. The molecule has 0 aliphatic heterocycles. The second-order valence-electron chi connectivity index (χ2n) is 5.51. The number of rotatable bonds is 7. The summed E-state index contributed by atoms with van der Waals surface area (Å²) in [6, 6.07) is 4.80. The van der Waals surface area contributed by atoms with Crippen LogP contribution in [0.15, 0.2) is 24.3 Å². The van der Waals surface area contributed by atoms with E-state index in [1.165, 1.54) is 17.0 Å². The zero-order chi connectivity index (χ0) is 18.3. The van der Waals surface area contributed by atoms with Gasteiger partial charge in [0.2, 0.25) is 11.8 Å². The molecule has 0 bridgehead atoms. The average Bonchev–Trinajstić information content (AvgIpc) is 2.37. The van der Waals surface area contributed by atoms with Gasteiger partial charge >= 0.3 is 6.36 Å². The quantitative estimate of drug-likeness (QED) is 0.791. The number of alkyl halides is 3. The van der Waals surface area contributed by atoms with Crippen molar-refractivity contribution in [1.29, 1.82) is 0 Å². The molecule has 2 amide bonds. The van der Waals surface area contributed by atoms with Gasteiger partial charge in [0.15, 0.2) is 0 Å². The molecule has 6 nitrogen and oxygen atoms in total. The van der Waals surface area contributed by atoms with Crippen molar-refractivity contribution in [3.63, 3.8) is 0 Å². The molecule has 1 rings (SSSR count). The van der Waals surface area contributed by atoms with Crippen LogP contribution in [0.25, 0.3) is 0 Å². The summed E-state index contributed by atoms with van der Waals surface area (Å²) in [5.74, 6) is -0.962. The van der Waals surface area contributed by atoms with Crippen LogP contribution in [-0.4, -0.2) is 49.3 Å². The van der Waals surface area contributed by atoms with E-state index in [2.05, 4.69) is 15.4 Å². The molecule has 0 aliphatic rings. The molecule has 0 radical (unpaired) electrons. The Balaban J connectivity index is 2.46. The molecule has 0 heterocycles. The fraction of sp³-hybridized carbons (Fsp3) is 0.467. The van der Waals surface area contributed by atoms with Gasteiger partial charge in [-0.25, -0.2) is 0 Å². The monoisotopic (exact) mass is 347 g/mol. The van der Waals surface area contributed by atoms with Crippen LogP contribution in [0.5, 0.6) is 5.75 Å². The third kappa shape index (κ3) is 8.37. The van der Waals surface area contributed by atoms with Crippen molar-refractivity contribution in [2.75, 3.05) is 25.5 Å². The molecule has 1 aromatic carbocycles. The van der Waals surface area contributed by atoms with Gasteiger partial charge in [0.1, 0.15) is 5.75 Å². The lowest BCUT2D eigenvalue weighted by atomic mass is 10.3. The van der Waals surface area contributed by atoms with Crippen LogP contribution in [0.4, 0.5) is 18.9 Å². The normalized spacial score (nSPS) is 11.5. The van der Waals surface area contributed by atoms with Crippen LogP contribution in [0.2, 0.25) is 0 Å². The first-order chi connectivity index (χ1) is 11.0. The van der Waals surface area contributed by atoms with E-state index in [-0.39, 0.29) is 36.7 Å². The van der Waals surface area contributed by atoms with Crippen molar-refractivity contribution < 1.29 is 27.5 Å². The summed E-state index contributed by atoms with van der Waals surface area (Å²) in [6.07, 6.45) is -4.76. The van der Waals surface area contributed by atoms with Crippen molar-refractivity contribution in [3.05, 3.63) is 24.3 Å². The first-order valence-corrected chi connectivity index (χ1v) is 7.18. The number of likely N-dealkylation sites (N-methyl/N-ethyl adjacent to an activating group) is 1. The Labute approximate surface area is 138 Å². The Morgan fingerprint density at radius 3 is 2.17 bits per heavy atom. The van der Waals surface area contributed by atoms with Gasteiger partial charge < -0.3 is 15.4 Å². The van der Waals surface area contributed by atoms with E-state index in [0.717, 1.165) is 12.1 Å². The van der Waals surface area contributed by atoms with Crippen molar-refractivity contribution in [2.45, 2.75) is 26.3 Å². The summed E-state index contributed by atoms with van der Waals surface area (Å²) in [5.41, 5.74) is 0.328. The maximum atomic E-state index is 12.0. The summed E-state index contributed by atoms with van der Waals surface area (Å²) in [5, 5.41) is 5.23. The molecule has 9 heteroatoms. The second-order valence-corrected chi connectivity index (χ2v) is 5.51. The molecular formula is C15H20F3N3O3. The number of hydrogen-bond acceptors (Lipinski definition) is 4. The zero-order valence-electron chi connectivity index (χ0n) is 13.6. The van der Waals surface area contributed by atoms with Gasteiger partial charge in [-0.15, -0.1) is 13.2 Å². The molecule has 0 saturated carbocycles. The van der Waals surface area contributed by atoms with Gasteiger partial charge in [0, 0.05) is 11.7 Å². The van der Waals surface area contributed by atoms with Gasteiger partial charge in [0.25, 0.3) is 0 Å². The van der Waals surface area contributed by atoms with E-state index in [4.69, 9.17) is 0 Å². The Kier molecular flexibility index (Phi) is 7.02. The van der Waals surface area contributed by atoms with E-state index in [9.17, 15) is 22.8 Å². The second kappa shape index (κ2) is 8.53. The summed E-state index contributed by atoms with van der Waals surface area (Å²) in [7, 11) is 1.61. The van der Waals surface area contributed by atoms with Gasteiger partial charge in [-0.3, -0.25) is 14.5 Å². The Morgan fingerprint density at radius 1 is 1.12 bits per heavy atom. The van der Waals surface area contributed by atoms with Crippen LogP contribution >= 0.6 is 0 Å². The smallest absolute Gasteiger partial charge is 0.406 e. The van der Waals surface area contributed by atoms with Crippen molar-refractivity contribution in [2.24, 2.45) is 0 Å². The number of benzene rings is 1. The van der Waals surface area contributed by atoms with Gasteiger partial charge in [-0.2, -0.15) is 0 Å². The number of amides is 2. The van der Waals surface area contributed by atoms with E-state index < -0.39 is 6.36 Å². The fourth-order valence-corrected chi connectivity index (χ4v) is 1.85. The highest BCUT2D eigenvalue weighted by Crippen LogP contribution is 2.23. The predicted molar refractivity (Wildman–Crippen MR) is 82.5 cm³/mol. The Hall–Kier alpha value is -2.29. The van der Waals surface area contributed by atoms with E-state index in [1.807, 2.05) is 13.8 Å². The lowest BCUT2D eigenvalue weighted by Crippen LogP contribution is -2.41. The molecular weight excluding hydrogens is 327 g/mol. The van der Waals surface area contributed by atoms with Crippen LogP contribution in [0, 0.1) is 0 Å². The van der Waals surface area contributed by atoms with Crippen molar-refractivity contribution >= 4 is 17.5 Å². The number of nitrogens with zero attached hydrogens (tertiary/aromatic N) is 1. The Bertz CT molecular complexity index is 559. The standard InChI is InChI=1S/C15H20F3N3O3/c1-10(2)19-13(22)8-21(3)9-14(23)20-11-4-6-12(7-5-11)24-15(16,17)18/h4-7,10H,8-9H2,1-3H3,(H,19,22)(H,20,23). The number of anilines is 1. The number of halogens is 3. The molecule has 0 unspecified atom stereocenters. The number of hydrogen-bond donors (Lipinski definition) is 2. The molecule has 0 aromatic heterocycles. The van der Waals surface area contributed by atoms with E-state index in [1.54, 1.807) is 7.05 Å². The van der Waals surface area contributed by atoms with Crippen molar-refractivity contribution in [1.82, 2.24) is 10.2 Å². The van der Waals surface area contributed by atoms with E-state index >= 15 is 0 Å². The molecule has 0 spiro atoms. The molecule has 0 saturated heterocycles. The van der Waals surface area contributed by atoms with Crippen LogP contribution < -0.4 is 15.4 Å². The lowest BCUT2D eigenvalue weighted by molar-refractivity contribution is -0.274. The first kappa shape index (κ1) is 19.8. The molecule has 1 aromatic rings. The Morgan fingerprint density at radius 2 is 1.67 bits per heavy atom. The molecule has 24 heavy (non-hydrogen) atoms. The molecule has 0 aliphatic carbocycles. The number of nitrogens with one attached hydrogen (secondary N) is 2. The maximum Gasteiger partial charge on any atom is 0.573 e. The largest absolute Gasteiger partial charge is 0.573 e. The minimum atomic E-state index is -4.76. The minimum absolute atomic E-state index is 0.0113. The first-order valence-electron chi connectivity index (χ1n) is 7.18. The number of carbonyl (C=O) groups is 2. The fourth-order valence-electron chi connectivity index (χ4n) is 1.85. The summed E-state index contributed by atoms with van der Waals surface area (Å²) in [4.78, 5) is 24.9. The van der Waals surface area contributed by atoms with E-state index in [0.29, 0.717) is 5.69 Å². The van der Waals surface area contributed by atoms with Crippen LogP contribution in [0.3, 0.4) is 0 Å². The van der Waals surface area contributed by atoms with Gasteiger partial charge in [-0.1, -0.05) is 0 Å². The van der Waals surface area contributed by atoms with Crippen LogP contribution in [-0.2, 0) is 9.59 Å². The third-order valence-corrected chi connectivity index (χ3v) is 2.65. The summed E-state index contributed by atoms with van der Waals surface area (Å²) < 4.78 is 39.9. The highest BCUT2D eigenvalue weighted by atomic mass is 19.4. The van der Waals surface area contributed by atoms with Crippen LogP contribution in [0.1, 0.15) is 13.8 Å². The summed E-state index contributed by atoms with van der Waals surface area (Å²) in [6.45, 7) is 3.68. The zero-order valence-corrected chi connectivity index (χ0v) is 13.6. The third-order valence-electron chi connectivity index (χ3n) is 2.65. The molecule has 134 valence electrons. The van der Waals surface area contributed by atoms with Gasteiger partial charge in [0.05, 0.1) is 13.1 Å². The SMILES string of the molecule is CC(C)NC(=O)CN(C)CC(=O)Nc1ccc(OC(F)(F)F)cc1. The molecule has 0 atom stereocenters. The molecule has 2 N–H and O–H groups in total. The topological polar surface area (TPSA) is 70.7 Å². The average molecular weight is 347 g/mol. The van der Waals surface area contributed by atoms with Gasteiger partial charge in [-0.05, 0) is 45.2 Å². The molecule has 0 fully saturated rings. The number of ether oxygens (including phenoxy) is 1. The number of carbonyl (C=O) groups excluding carboxylic acids is 2. The predicted octanol–water partition coefficient (Wildman–Crippen LogP) is 1.98. The lowest BCUT2D eigenvalue weighted by Gasteiger charge is -2.17. The minimum Gasteiger partial charge on any atom is -0.406 e. The summed E-state index contributed by atoms with van der Waals surface area (Å²) >= 11 is 0. The highest BCUT2D eigenvalue weighted by molar-refractivity contribution is 5.92. The van der Waals surface area contributed by atoms with Crippen molar-refractivity contribution in [3.8, 4) is 5.75 Å². The highest BCUT2D eigenvalue weighted by Gasteiger charge is 2.30.